The van der Waals surface area contributed by atoms with E-state index in [1.54, 1.807) is 0 Å². The summed E-state index contributed by atoms with van der Waals surface area (Å²) >= 11 is 0. The van der Waals surface area contributed by atoms with Gasteiger partial charge in [-0.2, -0.15) is 0 Å². The molecule has 0 N–H and O–H groups in total. The van der Waals surface area contributed by atoms with Crippen molar-refractivity contribution in [2.24, 2.45) is 0 Å². The Morgan fingerprint density at radius 3 is 1.74 bits per heavy atom. The van der Waals surface area contributed by atoms with Gasteiger partial charge in [0.15, 0.2) is 17.5 Å². The predicted octanol–water partition coefficient (Wildman–Crippen LogP) is 10.5. The fourth-order valence-corrected chi connectivity index (χ4v) is 7.22. The van der Waals surface area contributed by atoms with Crippen LogP contribution in [0.1, 0.15) is 25.0 Å². The Balaban J connectivity index is 1.31. The summed E-state index contributed by atoms with van der Waals surface area (Å²) in [6.45, 7) is 4.65. The molecule has 0 fully saturated rings. The van der Waals surface area contributed by atoms with Gasteiger partial charge in [0.1, 0.15) is 0 Å². The minimum absolute atomic E-state index is 0.238. The Labute approximate surface area is 273 Å². The smallest absolute Gasteiger partial charge is 0.164 e. The maximum absolute atomic E-state index is 5.45. The molecule has 2 aromatic heterocycles. The zero-order valence-corrected chi connectivity index (χ0v) is 26.1. The van der Waals surface area contributed by atoms with Gasteiger partial charge in [-0.3, -0.25) is 0 Å². The zero-order chi connectivity index (χ0) is 31.5. The van der Waals surface area contributed by atoms with E-state index in [2.05, 4.69) is 98.8 Å². The predicted molar refractivity (Wildman–Crippen MR) is 192 cm³/mol. The molecule has 4 heteroatoms. The number of aromatic nitrogens is 4. The van der Waals surface area contributed by atoms with E-state index in [4.69, 9.17) is 19.9 Å². The molecule has 1 aliphatic rings. The number of fused-ring (bicyclic) bond motifs is 6. The number of rotatable bonds is 4. The van der Waals surface area contributed by atoms with E-state index in [1.165, 1.54) is 27.6 Å². The summed E-state index contributed by atoms with van der Waals surface area (Å²) in [5, 5.41) is 3.49. The van der Waals surface area contributed by atoms with Gasteiger partial charge < -0.3 is 0 Å². The second kappa shape index (κ2) is 10.5. The minimum Gasteiger partial charge on any atom is -0.247 e. The van der Waals surface area contributed by atoms with Gasteiger partial charge in [0, 0.05) is 38.4 Å². The summed E-state index contributed by atoms with van der Waals surface area (Å²) in [5.74, 6) is 1.94. The van der Waals surface area contributed by atoms with Crippen LogP contribution in [0.4, 0.5) is 0 Å². The fourth-order valence-electron chi connectivity index (χ4n) is 7.22. The Kier molecular flexibility index (Phi) is 6.12. The Hall–Kier alpha value is -6.00. The first-order valence-electron chi connectivity index (χ1n) is 16.0. The number of hydrogen-bond donors (Lipinski definition) is 0. The van der Waals surface area contributed by atoms with Gasteiger partial charge in [0.05, 0.1) is 11.2 Å². The lowest BCUT2D eigenvalue weighted by Gasteiger charge is -2.25. The van der Waals surface area contributed by atoms with Crippen molar-refractivity contribution < 1.29 is 0 Å². The molecule has 9 rings (SSSR count). The average Bonchev–Trinajstić information content (AvgIpc) is 3.37. The molecule has 0 atom stereocenters. The largest absolute Gasteiger partial charge is 0.247 e. The molecule has 0 amide bonds. The van der Waals surface area contributed by atoms with E-state index >= 15 is 0 Å². The third-order valence-corrected chi connectivity index (χ3v) is 9.47. The molecule has 8 aromatic rings. The van der Waals surface area contributed by atoms with Crippen LogP contribution in [0.5, 0.6) is 0 Å². The molecule has 1 aliphatic carbocycles. The van der Waals surface area contributed by atoms with E-state index in [1.807, 2.05) is 60.7 Å². The van der Waals surface area contributed by atoms with Crippen molar-refractivity contribution in [1.29, 1.82) is 0 Å². The van der Waals surface area contributed by atoms with Crippen molar-refractivity contribution >= 4 is 21.7 Å². The fraction of sp³-hybridized carbons (Fsp3) is 0.0698. The van der Waals surface area contributed by atoms with Crippen LogP contribution in [0.25, 0.3) is 78.2 Å². The molecule has 0 saturated heterocycles. The van der Waals surface area contributed by atoms with Gasteiger partial charge in [-0.25, -0.2) is 19.9 Å². The van der Waals surface area contributed by atoms with Gasteiger partial charge in [-0.05, 0) is 33.7 Å². The van der Waals surface area contributed by atoms with E-state index in [9.17, 15) is 0 Å². The standard InChI is InChI=1S/C43H30N4/c1-43(2)35-23-12-11-22-33(35)39-37(43)36(34-25-24-27-14-9-10-21-32(27)38(34)44-39)30-19-13-20-31(26-30)42-46-40(28-15-5-3-6-16-28)45-41(47-42)29-17-7-4-8-18-29/h3-26H,1-2H3. The second-order valence-corrected chi connectivity index (χ2v) is 12.7. The lowest BCUT2D eigenvalue weighted by Crippen LogP contribution is -2.16. The maximum Gasteiger partial charge on any atom is 0.164 e. The highest BCUT2D eigenvalue weighted by molar-refractivity contribution is 6.13. The second-order valence-electron chi connectivity index (χ2n) is 12.7. The van der Waals surface area contributed by atoms with E-state index in [0.717, 1.165) is 44.2 Å². The first kappa shape index (κ1) is 27.3. The third-order valence-electron chi connectivity index (χ3n) is 9.47. The van der Waals surface area contributed by atoms with Crippen LogP contribution in [-0.4, -0.2) is 19.9 Å². The quantitative estimate of drug-likeness (QED) is 0.188. The molecule has 0 aliphatic heterocycles. The summed E-state index contributed by atoms with van der Waals surface area (Å²) in [6, 6.07) is 50.6. The first-order chi connectivity index (χ1) is 23.1. The molecule has 0 spiro atoms. The van der Waals surface area contributed by atoms with Crippen LogP contribution in [-0.2, 0) is 5.41 Å². The van der Waals surface area contributed by atoms with Gasteiger partial charge in [0.25, 0.3) is 0 Å². The molecule has 2 heterocycles. The molecule has 0 saturated carbocycles. The topological polar surface area (TPSA) is 51.6 Å². The van der Waals surface area contributed by atoms with E-state index in [-0.39, 0.29) is 5.41 Å². The van der Waals surface area contributed by atoms with Crippen molar-refractivity contribution in [1.82, 2.24) is 19.9 Å². The van der Waals surface area contributed by atoms with Crippen molar-refractivity contribution in [2.45, 2.75) is 19.3 Å². The molecular weight excluding hydrogens is 573 g/mol. The number of nitrogens with zero attached hydrogens (tertiary/aromatic N) is 4. The molecule has 0 bridgehead atoms. The summed E-state index contributed by atoms with van der Waals surface area (Å²) < 4.78 is 0. The van der Waals surface area contributed by atoms with Crippen molar-refractivity contribution in [3.8, 4) is 56.5 Å². The van der Waals surface area contributed by atoms with Crippen molar-refractivity contribution in [3.63, 3.8) is 0 Å². The van der Waals surface area contributed by atoms with Gasteiger partial charge in [-0.1, -0.05) is 153 Å². The Morgan fingerprint density at radius 1 is 0.447 bits per heavy atom. The highest BCUT2D eigenvalue weighted by Gasteiger charge is 2.39. The normalized spacial score (nSPS) is 13.1. The number of pyridine rings is 1. The lowest BCUT2D eigenvalue weighted by atomic mass is 9.78. The van der Waals surface area contributed by atoms with Crippen LogP contribution >= 0.6 is 0 Å². The molecule has 6 aromatic carbocycles. The van der Waals surface area contributed by atoms with Gasteiger partial charge in [0.2, 0.25) is 0 Å². The van der Waals surface area contributed by atoms with Crippen molar-refractivity contribution in [3.05, 3.63) is 157 Å². The maximum atomic E-state index is 5.45. The number of benzene rings is 6. The van der Waals surface area contributed by atoms with Crippen LogP contribution in [0.2, 0.25) is 0 Å². The molecule has 4 nitrogen and oxygen atoms in total. The zero-order valence-electron chi connectivity index (χ0n) is 26.1. The SMILES string of the molecule is CC1(C)c2ccccc2-c2nc3c(ccc4ccccc43)c(-c3cccc(-c4nc(-c5ccccc5)nc(-c5ccccc5)n4)c3)c21. The molecular formula is C43H30N4. The lowest BCUT2D eigenvalue weighted by molar-refractivity contribution is 0.662. The Morgan fingerprint density at radius 2 is 1.02 bits per heavy atom. The van der Waals surface area contributed by atoms with Crippen LogP contribution in [0.15, 0.2) is 146 Å². The summed E-state index contributed by atoms with van der Waals surface area (Å²) in [7, 11) is 0. The molecule has 0 radical (unpaired) electrons. The molecule has 47 heavy (non-hydrogen) atoms. The summed E-state index contributed by atoms with van der Waals surface area (Å²) in [4.78, 5) is 20.4. The molecule has 0 unspecified atom stereocenters. The minimum atomic E-state index is -0.238. The number of hydrogen-bond acceptors (Lipinski definition) is 4. The highest BCUT2D eigenvalue weighted by atomic mass is 15.0. The average molecular weight is 603 g/mol. The highest BCUT2D eigenvalue weighted by Crippen LogP contribution is 2.53. The first-order valence-corrected chi connectivity index (χ1v) is 16.0. The van der Waals surface area contributed by atoms with Crippen LogP contribution < -0.4 is 0 Å². The van der Waals surface area contributed by atoms with Gasteiger partial charge in [-0.15, -0.1) is 0 Å². The van der Waals surface area contributed by atoms with Crippen LogP contribution in [0, 0.1) is 0 Å². The van der Waals surface area contributed by atoms with Gasteiger partial charge >= 0.3 is 0 Å². The molecule has 222 valence electrons. The van der Waals surface area contributed by atoms with E-state index < -0.39 is 0 Å². The van der Waals surface area contributed by atoms with Crippen LogP contribution in [0.3, 0.4) is 0 Å². The van der Waals surface area contributed by atoms with Crippen molar-refractivity contribution in [2.75, 3.05) is 0 Å². The summed E-state index contributed by atoms with van der Waals surface area (Å²) in [6.07, 6.45) is 0. The Bertz CT molecular complexity index is 2430. The summed E-state index contributed by atoms with van der Waals surface area (Å²) in [5.41, 5.74) is 10.8. The third kappa shape index (κ3) is 4.37. The van der Waals surface area contributed by atoms with E-state index in [0.29, 0.717) is 17.5 Å². The monoisotopic (exact) mass is 602 g/mol.